The molecule has 0 heterocycles. The molecule has 2 nitrogen and oxygen atoms in total. The fourth-order valence-electron chi connectivity index (χ4n) is 1.91. The molecule has 1 rings (SSSR count). The number of hydrazine groups is 1. The van der Waals surface area contributed by atoms with E-state index >= 15 is 0 Å². The van der Waals surface area contributed by atoms with Crippen molar-refractivity contribution in [1.82, 2.24) is 5.43 Å². The highest BCUT2D eigenvalue weighted by Crippen LogP contribution is 2.27. The number of rotatable bonds is 4. The molecule has 1 atom stereocenters. The van der Waals surface area contributed by atoms with Crippen molar-refractivity contribution in [2.45, 2.75) is 38.6 Å². The average Bonchev–Trinajstić information content (AvgIpc) is 2.20. The van der Waals surface area contributed by atoms with Crippen molar-refractivity contribution in [2.24, 2.45) is 5.84 Å². The van der Waals surface area contributed by atoms with Crippen molar-refractivity contribution in [1.29, 1.82) is 0 Å². The molecule has 1 aromatic rings. The maximum Gasteiger partial charge on any atom is 0.0299 e. The molecule has 2 heteroatoms. The summed E-state index contributed by atoms with van der Waals surface area (Å²) in [6.07, 6.45) is 1.03. The van der Waals surface area contributed by atoms with Gasteiger partial charge in [0.05, 0.1) is 0 Å². The SMILES string of the molecule is CCC(NN)C(C)(C)c1ccccc1. The van der Waals surface area contributed by atoms with Crippen molar-refractivity contribution in [2.75, 3.05) is 0 Å². The molecular weight excluding hydrogens is 172 g/mol. The van der Waals surface area contributed by atoms with Crippen LogP contribution >= 0.6 is 0 Å². The minimum Gasteiger partial charge on any atom is -0.271 e. The summed E-state index contributed by atoms with van der Waals surface area (Å²) in [5.41, 5.74) is 4.29. The van der Waals surface area contributed by atoms with Gasteiger partial charge in [0.2, 0.25) is 0 Å². The summed E-state index contributed by atoms with van der Waals surface area (Å²) < 4.78 is 0. The molecule has 0 spiro atoms. The fraction of sp³-hybridized carbons (Fsp3) is 0.500. The Morgan fingerprint density at radius 1 is 1.29 bits per heavy atom. The molecule has 0 fully saturated rings. The van der Waals surface area contributed by atoms with Crippen LogP contribution in [0, 0.1) is 0 Å². The number of benzene rings is 1. The minimum atomic E-state index is 0.0742. The van der Waals surface area contributed by atoms with Crippen LogP contribution in [0.2, 0.25) is 0 Å². The van der Waals surface area contributed by atoms with Gasteiger partial charge in [-0.2, -0.15) is 0 Å². The van der Waals surface area contributed by atoms with Gasteiger partial charge in [0.1, 0.15) is 0 Å². The van der Waals surface area contributed by atoms with E-state index in [1.807, 2.05) is 6.07 Å². The summed E-state index contributed by atoms with van der Waals surface area (Å²) in [4.78, 5) is 0. The van der Waals surface area contributed by atoms with Crippen LogP contribution in [0.1, 0.15) is 32.8 Å². The highest BCUT2D eigenvalue weighted by Gasteiger charge is 2.28. The molecule has 0 radical (unpaired) electrons. The molecule has 0 aliphatic heterocycles. The summed E-state index contributed by atoms with van der Waals surface area (Å²) in [5, 5.41) is 0. The molecule has 0 bridgehead atoms. The molecular formula is C12H20N2. The van der Waals surface area contributed by atoms with E-state index < -0.39 is 0 Å². The first kappa shape index (κ1) is 11.2. The zero-order valence-corrected chi connectivity index (χ0v) is 9.25. The second-order valence-corrected chi connectivity index (χ2v) is 4.22. The van der Waals surface area contributed by atoms with Gasteiger partial charge in [-0.1, -0.05) is 51.1 Å². The summed E-state index contributed by atoms with van der Waals surface area (Å²) in [6, 6.07) is 10.8. The molecule has 1 aromatic carbocycles. The second kappa shape index (κ2) is 4.58. The second-order valence-electron chi connectivity index (χ2n) is 4.22. The lowest BCUT2D eigenvalue weighted by Crippen LogP contribution is -2.47. The van der Waals surface area contributed by atoms with Crippen LogP contribution in [-0.4, -0.2) is 6.04 Å². The van der Waals surface area contributed by atoms with Crippen LogP contribution in [0.15, 0.2) is 30.3 Å². The summed E-state index contributed by atoms with van der Waals surface area (Å²) in [7, 11) is 0. The standard InChI is InChI=1S/C12H20N2/c1-4-11(14-13)12(2,3)10-8-6-5-7-9-10/h5-9,11,14H,4,13H2,1-3H3. The predicted octanol–water partition coefficient (Wildman–Crippen LogP) is 2.21. The van der Waals surface area contributed by atoms with Crippen LogP contribution in [0.4, 0.5) is 0 Å². The Bertz CT molecular complexity index is 263. The first-order valence-electron chi connectivity index (χ1n) is 5.14. The Balaban J connectivity index is 2.94. The summed E-state index contributed by atoms with van der Waals surface area (Å²) in [5.74, 6) is 5.56. The van der Waals surface area contributed by atoms with Crippen LogP contribution in [0.25, 0.3) is 0 Å². The number of hydrogen-bond acceptors (Lipinski definition) is 2. The normalized spacial score (nSPS) is 14.0. The lowest BCUT2D eigenvalue weighted by molar-refractivity contribution is 0.335. The fourth-order valence-corrected chi connectivity index (χ4v) is 1.91. The Morgan fingerprint density at radius 2 is 1.86 bits per heavy atom. The first-order valence-corrected chi connectivity index (χ1v) is 5.14. The third kappa shape index (κ3) is 2.14. The third-order valence-electron chi connectivity index (χ3n) is 3.00. The van der Waals surface area contributed by atoms with Gasteiger partial charge in [-0.25, -0.2) is 0 Å². The highest BCUT2D eigenvalue weighted by molar-refractivity contribution is 5.25. The zero-order chi connectivity index (χ0) is 10.6. The van der Waals surface area contributed by atoms with Crippen LogP contribution < -0.4 is 11.3 Å². The molecule has 78 valence electrons. The van der Waals surface area contributed by atoms with Gasteiger partial charge >= 0.3 is 0 Å². The lowest BCUT2D eigenvalue weighted by atomic mass is 9.77. The van der Waals surface area contributed by atoms with E-state index in [-0.39, 0.29) is 5.41 Å². The van der Waals surface area contributed by atoms with E-state index in [4.69, 9.17) is 5.84 Å². The van der Waals surface area contributed by atoms with E-state index in [0.29, 0.717) is 6.04 Å². The third-order valence-corrected chi connectivity index (χ3v) is 3.00. The van der Waals surface area contributed by atoms with Gasteiger partial charge in [0.15, 0.2) is 0 Å². The molecule has 3 N–H and O–H groups in total. The van der Waals surface area contributed by atoms with E-state index in [9.17, 15) is 0 Å². The number of nitrogens with one attached hydrogen (secondary N) is 1. The molecule has 0 aromatic heterocycles. The summed E-state index contributed by atoms with van der Waals surface area (Å²) >= 11 is 0. The Kier molecular flexibility index (Phi) is 3.67. The predicted molar refractivity (Wildman–Crippen MR) is 60.9 cm³/mol. The van der Waals surface area contributed by atoms with Gasteiger partial charge in [-0.3, -0.25) is 11.3 Å². The van der Waals surface area contributed by atoms with Gasteiger partial charge in [-0.05, 0) is 12.0 Å². The lowest BCUT2D eigenvalue weighted by Gasteiger charge is -2.33. The molecule has 14 heavy (non-hydrogen) atoms. The number of nitrogens with two attached hydrogens (primary N) is 1. The van der Waals surface area contributed by atoms with E-state index in [0.717, 1.165) is 6.42 Å². The van der Waals surface area contributed by atoms with Crippen molar-refractivity contribution >= 4 is 0 Å². The van der Waals surface area contributed by atoms with Crippen molar-refractivity contribution in [3.63, 3.8) is 0 Å². The highest BCUT2D eigenvalue weighted by atomic mass is 15.2. The molecule has 0 saturated heterocycles. The van der Waals surface area contributed by atoms with E-state index in [1.165, 1.54) is 5.56 Å². The quantitative estimate of drug-likeness (QED) is 0.567. The van der Waals surface area contributed by atoms with Crippen LogP contribution in [0.5, 0.6) is 0 Å². The van der Waals surface area contributed by atoms with Crippen LogP contribution in [0.3, 0.4) is 0 Å². The van der Waals surface area contributed by atoms with Gasteiger partial charge in [-0.15, -0.1) is 0 Å². The Hall–Kier alpha value is -0.860. The van der Waals surface area contributed by atoms with Crippen molar-refractivity contribution in [3.05, 3.63) is 35.9 Å². The van der Waals surface area contributed by atoms with Crippen molar-refractivity contribution in [3.8, 4) is 0 Å². The van der Waals surface area contributed by atoms with E-state index in [1.54, 1.807) is 0 Å². The Labute approximate surface area is 86.5 Å². The Morgan fingerprint density at radius 3 is 2.29 bits per heavy atom. The first-order chi connectivity index (χ1) is 6.62. The topological polar surface area (TPSA) is 38.0 Å². The molecule has 1 unspecified atom stereocenters. The smallest absolute Gasteiger partial charge is 0.0299 e. The van der Waals surface area contributed by atoms with Gasteiger partial charge < -0.3 is 0 Å². The molecule has 0 amide bonds. The largest absolute Gasteiger partial charge is 0.271 e. The summed E-state index contributed by atoms with van der Waals surface area (Å²) in [6.45, 7) is 6.59. The van der Waals surface area contributed by atoms with Crippen LogP contribution in [-0.2, 0) is 5.41 Å². The maximum absolute atomic E-state index is 5.56. The van der Waals surface area contributed by atoms with E-state index in [2.05, 4.69) is 50.5 Å². The minimum absolute atomic E-state index is 0.0742. The molecule has 0 aliphatic carbocycles. The number of hydrogen-bond donors (Lipinski definition) is 2. The monoisotopic (exact) mass is 192 g/mol. The molecule has 0 aliphatic rings. The van der Waals surface area contributed by atoms with Gasteiger partial charge in [0, 0.05) is 11.5 Å². The maximum atomic E-state index is 5.56. The molecule has 0 saturated carbocycles. The van der Waals surface area contributed by atoms with Crippen molar-refractivity contribution < 1.29 is 0 Å². The zero-order valence-electron chi connectivity index (χ0n) is 9.25. The average molecular weight is 192 g/mol. The van der Waals surface area contributed by atoms with Gasteiger partial charge in [0.25, 0.3) is 0 Å².